The van der Waals surface area contributed by atoms with Crippen LogP contribution in [-0.4, -0.2) is 23.2 Å². The lowest BCUT2D eigenvalue weighted by Crippen LogP contribution is -1.98. The van der Waals surface area contributed by atoms with Gasteiger partial charge in [0.2, 0.25) is 5.89 Å². The number of nitro groups is 1. The van der Waals surface area contributed by atoms with Crippen LogP contribution in [0.1, 0.15) is 11.1 Å². The van der Waals surface area contributed by atoms with E-state index < -0.39 is 4.92 Å². The molecule has 4 aromatic rings. The maximum absolute atomic E-state index is 12.0. The first-order valence-corrected chi connectivity index (χ1v) is 9.00. The van der Waals surface area contributed by atoms with Crippen molar-refractivity contribution in [3.05, 3.63) is 75.8 Å². The van der Waals surface area contributed by atoms with Crippen molar-refractivity contribution in [3.8, 4) is 23.0 Å². The van der Waals surface area contributed by atoms with Gasteiger partial charge in [-0.15, -0.1) is 0 Å². The molecule has 0 aliphatic rings. The summed E-state index contributed by atoms with van der Waals surface area (Å²) in [4.78, 5) is 19.2. The standard InChI is InChI=1S/C22H17N3O5/c1-13-3-7-21-18(9-13)24-22(30-21)14-4-8-20(29-2)17(11-14)23-12-15-10-16(25(27)28)5-6-19(15)26/h3-12,26H,1-2H3/p-1. The molecule has 0 N–H and O–H groups in total. The Morgan fingerprint density at radius 1 is 1.13 bits per heavy atom. The molecule has 30 heavy (non-hydrogen) atoms. The Morgan fingerprint density at radius 3 is 2.73 bits per heavy atom. The molecular formula is C22H16N3O5-. The highest BCUT2D eigenvalue weighted by Crippen LogP contribution is 2.34. The molecule has 0 radical (unpaired) electrons. The van der Waals surface area contributed by atoms with Crippen molar-refractivity contribution in [2.75, 3.05) is 7.11 Å². The number of rotatable bonds is 5. The fourth-order valence-electron chi connectivity index (χ4n) is 2.97. The van der Waals surface area contributed by atoms with E-state index in [1.54, 1.807) is 18.2 Å². The summed E-state index contributed by atoms with van der Waals surface area (Å²) in [6, 6.07) is 14.5. The highest BCUT2D eigenvalue weighted by atomic mass is 16.6. The van der Waals surface area contributed by atoms with E-state index >= 15 is 0 Å². The van der Waals surface area contributed by atoms with Gasteiger partial charge in [-0.2, -0.15) is 0 Å². The number of benzene rings is 3. The second kappa shape index (κ2) is 7.67. The van der Waals surface area contributed by atoms with Crippen molar-refractivity contribution in [3.63, 3.8) is 0 Å². The Hall–Kier alpha value is -4.20. The van der Waals surface area contributed by atoms with Gasteiger partial charge >= 0.3 is 0 Å². The number of aliphatic imine (C=N–C) groups is 1. The summed E-state index contributed by atoms with van der Waals surface area (Å²) in [6.45, 7) is 1.98. The van der Waals surface area contributed by atoms with E-state index in [9.17, 15) is 15.2 Å². The highest BCUT2D eigenvalue weighted by Gasteiger charge is 2.12. The fraction of sp³-hybridized carbons (Fsp3) is 0.0909. The number of aromatic nitrogens is 1. The molecule has 4 rings (SSSR count). The van der Waals surface area contributed by atoms with Gasteiger partial charge in [0.25, 0.3) is 5.69 Å². The summed E-state index contributed by atoms with van der Waals surface area (Å²) in [6.07, 6.45) is 1.28. The smallest absolute Gasteiger partial charge is 0.270 e. The Balaban J connectivity index is 1.73. The monoisotopic (exact) mass is 402 g/mol. The number of hydrogen-bond donors (Lipinski definition) is 0. The van der Waals surface area contributed by atoms with E-state index in [-0.39, 0.29) is 17.0 Å². The molecule has 0 saturated carbocycles. The van der Waals surface area contributed by atoms with Gasteiger partial charge in [-0.1, -0.05) is 17.9 Å². The average molecular weight is 402 g/mol. The van der Waals surface area contributed by atoms with E-state index in [4.69, 9.17) is 9.15 Å². The molecule has 0 bridgehead atoms. The lowest BCUT2D eigenvalue weighted by Gasteiger charge is -2.09. The van der Waals surface area contributed by atoms with Gasteiger partial charge in [0, 0.05) is 23.9 Å². The topological polar surface area (TPSA) is 114 Å². The molecule has 0 unspecified atom stereocenters. The predicted octanol–water partition coefficient (Wildman–Crippen LogP) is 4.54. The molecule has 8 nitrogen and oxygen atoms in total. The molecule has 1 heterocycles. The van der Waals surface area contributed by atoms with Crippen molar-refractivity contribution in [2.45, 2.75) is 6.92 Å². The summed E-state index contributed by atoms with van der Waals surface area (Å²) in [5.41, 5.74) is 3.53. The van der Waals surface area contributed by atoms with Crippen LogP contribution in [0.15, 0.2) is 64.0 Å². The number of aryl methyl sites for hydroxylation is 1. The fourth-order valence-corrected chi connectivity index (χ4v) is 2.97. The molecule has 8 heteroatoms. The van der Waals surface area contributed by atoms with Crippen molar-refractivity contribution >= 4 is 28.7 Å². The van der Waals surface area contributed by atoms with Crippen molar-refractivity contribution in [1.82, 2.24) is 4.98 Å². The van der Waals surface area contributed by atoms with Crippen LogP contribution in [-0.2, 0) is 0 Å². The Morgan fingerprint density at radius 2 is 1.97 bits per heavy atom. The molecule has 150 valence electrons. The normalized spacial score (nSPS) is 11.3. The second-order valence-electron chi connectivity index (χ2n) is 6.61. The van der Waals surface area contributed by atoms with Crippen LogP contribution in [0.25, 0.3) is 22.6 Å². The first kappa shape index (κ1) is 19.1. The largest absolute Gasteiger partial charge is 0.872 e. The van der Waals surface area contributed by atoms with Gasteiger partial charge in [-0.25, -0.2) is 4.98 Å². The van der Waals surface area contributed by atoms with Crippen molar-refractivity contribution in [1.29, 1.82) is 0 Å². The number of methoxy groups -OCH3 is 1. The lowest BCUT2D eigenvalue weighted by atomic mass is 10.1. The van der Waals surface area contributed by atoms with Crippen LogP contribution in [0.4, 0.5) is 11.4 Å². The third-order valence-electron chi connectivity index (χ3n) is 4.52. The number of oxazole rings is 1. The van der Waals surface area contributed by atoms with Gasteiger partial charge in [-0.3, -0.25) is 15.1 Å². The van der Waals surface area contributed by atoms with E-state index in [0.29, 0.717) is 28.5 Å². The second-order valence-corrected chi connectivity index (χ2v) is 6.61. The van der Waals surface area contributed by atoms with Crippen LogP contribution < -0.4 is 9.84 Å². The molecule has 0 saturated heterocycles. The maximum Gasteiger partial charge on any atom is 0.270 e. The molecular weight excluding hydrogens is 386 g/mol. The van der Waals surface area contributed by atoms with Gasteiger partial charge in [0.05, 0.1) is 12.0 Å². The zero-order valence-corrected chi connectivity index (χ0v) is 16.2. The summed E-state index contributed by atoms with van der Waals surface area (Å²) < 4.78 is 11.2. The molecule has 0 amide bonds. The number of non-ortho nitro benzene ring substituents is 1. The summed E-state index contributed by atoms with van der Waals surface area (Å²) >= 11 is 0. The number of nitrogens with zero attached hydrogens (tertiary/aromatic N) is 3. The molecule has 0 atom stereocenters. The number of nitro benzene ring substituents is 1. The van der Waals surface area contributed by atoms with E-state index in [2.05, 4.69) is 9.98 Å². The van der Waals surface area contributed by atoms with Crippen LogP contribution in [0.5, 0.6) is 11.5 Å². The number of fused-ring (bicyclic) bond motifs is 1. The molecule has 0 spiro atoms. The van der Waals surface area contributed by atoms with Gasteiger partial charge in [0.1, 0.15) is 17.0 Å². The Bertz CT molecular complexity index is 1290. The molecule has 3 aromatic carbocycles. The van der Waals surface area contributed by atoms with Crippen molar-refractivity contribution in [2.24, 2.45) is 4.99 Å². The van der Waals surface area contributed by atoms with Gasteiger partial charge < -0.3 is 14.3 Å². The van der Waals surface area contributed by atoms with Crippen LogP contribution in [0.2, 0.25) is 0 Å². The minimum Gasteiger partial charge on any atom is -0.872 e. The molecule has 1 aromatic heterocycles. The van der Waals surface area contributed by atoms with E-state index in [1.807, 2.05) is 25.1 Å². The maximum atomic E-state index is 12.0. The highest BCUT2D eigenvalue weighted by molar-refractivity contribution is 5.87. The van der Waals surface area contributed by atoms with Crippen LogP contribution >= 0.6 is 0 Å². The van der Waals surface area contributed by atoms with Crippen molar-refractivity contribution < 1.29 is 19.2 Å². The van der Waals surface area contributed by atoms with E-state index in [1.165, 1.54) is 19.4 Å². The predicted molar refractivity (Wildman–Crippen MR) is 111 cm³/mol. The zero-order chi connectivity index (χ0) is 21.3. The lowest BCUT2D eigenvalue weighted by molar-refractivity contribution is -0.385. The summed E-state index contributed by atoms with van der Waals surface area (Å²) in [7, 11) is 1.50. The van der Waals surface area contributed by atoms with E-state index in [0.717, 1.165) is 23.2 Å². The average Bonchev–Trinajstić information content (AvgIpc) is 3.16. The Labute approximate surface area is 171 Å². The first-order valence-electron chi connectivity index (χ1n) is 9.00. The van der Waals surface area contributed by atoms with Gasteiger partial charge in [0.15, 0.2) is 5.58 Å². The van der Waals surface area contributed by atoms with Gasteiger partial charge in [-0.05, 0) is 48.4 Å². The quantitative estimate of drug-likeness (QED) is 0.275. The number of hydrogen-bond acceptors (Lipinski definition) is 7. The minimum absolute atomic E-state index is 0.106. The minimum atomic E-state index is -0.563. The molecule has 0 aliphatic carbocycles. The number of ether oxygens (including phenoxy) is 1. The first-order chi connectivity index (χ1) is 14.4. The molecule has 0 aliphatic heterocycles. The van der Waals surface area contributed by atoms with Crippen LogP contribution in [0.3, 0.4) is 0 Å². The third-order valence-corrected chi connectivity index (χ3v) is 4.52. The zero-order valence-electron chi connectivity index (χ0n) is 16.2. The Kier molecular flexibility index (Phi) is 4.89. The third kappa shape index (κ3) is 3.70. The SMILES string of the molecule is COc1ccc(-c2nc3cc(C)ccc3o2)cc1N=Cc1cc([N+](=O)[O-])ccc1[O-]. The molecule has 0 fully saturated rings. The van der Waals surface area contributed by atoms with Crippen LogP contribution in [0, 0.1) is 17.0 Å². The summed E-state index contributed by atoms with van der Waals surface area (Å²) in [5, 5.41) is 23.0. The summed E-state index contributed by atoms with van der Waals surface area (Å²) in [5.74, 6) is 0.531.